The summed E-state index contributed by atoms with van der Waals surface area (Å²) in [6.45, 7) is 0. The van der Waals surface area contributed by atoms with Gasteiger partial charge < -0.3 is 14.8 Å². The van der Waals surface area contributed by atoms with Crippen molar-refractivity contribution in [2.75, 3.05) is 0 Å². The van der Waals surface area contributed by atoms with Crippen LogP contribution in [0.4, 0.5) is 0 Å². The zero-order valence-electron chi connectivity index (χ0n) is 17.0. The fraction of sp³-hybridized carbons (Fsp3) is 0.333. The van der Waals surface area contributed by atoms with Gasteiger partial charge in [-0.15, -0.1) is 0 Å². The summed E-state index contributed by atoms with van der Waals surface area (Å²) in [5, 5.41) is 5.64. The molecule has 0 spiro atoms. The highest BCUT2D eigenvalue weighted by molar-refractivity contribution is 7.80. The Balaban J connectivity index is 1.62. The fourth-order valence-electron chi connectivity index (χ4n) is 4.97. The van der Waals surface area contributed by atoms with Crippen molar-refractivity contribution in [1.82, 2.24) is 19.8 Å². The van der Waals surface area contributed by atoms with E-state index in [9.17, 15) is 0 Å². The highest BCUT2D eigenvalue weighted by Crippen LogP contribution is 2.43. The summed E-state index contributed by atoms with van der Waals surface area (Å²) in [7, 11) is 0. The van der Waals surface area contributed by atoms with Gasteiger partial charge in [0, 0.05) is 29.2 Å². The normalized spacial score (nSPS) is 22.0. The van der Waals surface area contributed by atoms with E-state index in [0.29, 0.717) is 16.1 Å². The van der Waals surface area contributed by atoms with Gasteiger partial charge in [0.25, 0.3) is 0 Å². The Labute approximate surface area is 198 Å². The number of thiocarbonyl (C=S) groups is 1. The number of halogens is 2. The first-order valence-corrected chi connectivity index (χ1v) is 11.9. The summed E-state index contributed by atoms with van der Waals surface area (Å²) in [6, 6.07) is 16.3. The van der Waals surface area contributed by atoms with Crippen LogP contribution in [-0.2, 0) is 0 Å². The van der Waals surface area contributed by atoms with Gasteiger partial charge in [0.1, 0.15) is 0 Å². The van der Waals surface area contributed by atoms with Crippen molar-refractivity contribution in [3.05, 3.63) is 82.4 Å². The quantitative estimate of drug-likeness (QED) is 0.442. The summed E-state index contributed by atoms with van der Waals surface area (Å²) >= 11 is 18.6. The molecule has 2 aliphatic rings. The van der Waals surface area contributed by atoms with Gasteiger partial charge in [-0.2, -0.15) is 0 Å². The summed E-state index contributed by atoms with van der Waals surface area (Å²) < 4.78 is 2.16. The molecular weight excluding hydrogens is 447 g/mol. The molecule has 5 rings (SSSR count). The second kappa shape index (κ2) is 8.81. The van der Waals surface area contributed by atoms with Crippen LogP contribution in [0.1, 0.15) is 55.6 Å². The average molecular weight is 471 g/mol. The molecule has 2 atom stereocenters. The molecule has 2 fully saturated rings. The first-order valence-electron chi connectivity index (χ1n) is 10.8. The lowest BCUT2D eigenvalue weighted by Crippen LogP contribution is -2.40. The van der Waals surface area contributed by atoms with Gasteiger partial charge in [0.05, 0.1) is 28.5 Å². The van der Waals surface area contributed by atoms with E-state index >= 15 is 0 Å². The van der Waals surface area contributed by atoms with Crippen molar-refractivity contribution in [1.29, 1.82) is 0 Å². The molecule has 0 amide bonds. The molecule has 3 aromatic rings. The molecule has 0 radical (unpaired) electrons. The lowest BCUT2D eigenvalue weighted by molar-refractivity contribution is 0.193. The van der Waals surface area contributed by atoms with Gasteiger partial charge in [-0.25, -0.2) is 0 Å². The molecule has 0 bridgehead atoms. The van der Waals surface area contributed by atoms with E-state index < -0.39 is 0 Å². The Morgan fingerprint density at radius 2 is 1.84 bits per heavy atom. The fourth-order valence-corrected chi connectivity index (χ4v) is 5.85. The molecule has 4 nitrogen and oxygen atoms in total. The maximum atomic E-state index is 6.59. The van der Waals surface area contributed by atoms with Gasteiger partial charge >= 0.3 is 0 Å². The van der Waals surface area contributed by atoms with Crippen molar-refractivity contribution < 1.29 is 0 Å². The highest BCUT2D eigenvalue weighted by atomic mass is 35.5. The SMILES string of the molecule is S=C1N[C@H](c2ccccn2)[C@@H](c2cccn2-c2ccc(Cl)cc2Cl)N1C1CCCCC1. The third-order valence-corrected chi connectivity index (χ3v) is 7.22. The van der Waals surface area contributed by atoms with E-state index in [1.165, 1.54) is 19.3 Å². The topological polar surface area (TPSA) is 33.1 Å². The number of benzene rings is 1. The van der Waals surface area contributed by atoms with Gasteiger partial charge in [-0.1, -0.05) is 48.5 Å². The first-order chi connectivity index (χ1) is 15.1. The predicted octanol–water partition coefficient (Wildman–Crippen LogP) is 6.48. The second-order valence-electron chi connectivity index (χ2n) is 8.22. The highest BCUT2D eigenvalue weighted by Gasteiger charge is 2.44. The maximum Gasteiger partial charge on any atom is 0.170 e. The third-order valence-electron chi connectivity index (χ3n) is 6.36. The summed E-state index contributed by atoms with van der Waals surface area (Å²) in [5.74, 6) is 0. The number of rotatable bonds is 4. The molecular formula is C24H24Cl2N4S. The Bertz CT molecular complexity index is 1080. The predicted molar refractivity (Wildman–Crippen MR) is 130 cm³/mol. The number of aromatic nitrogens is 2. The third kappa shape index (κ3) is 3.95. The van der Waals surface area contributed by atoms with Crippen molar-refractivity contribution in [2.24, 2.45) is 0 Å². The molecule has 160 valence electrons. The van der Waals surface area contributed by atoms with Crippen LogP contribution < -0.4 is 5.32 Å². The van der Waals surface area contributed by atoms with Gasteiger partial charge in [-0.05, 0) is 67.5 Å². The van der Waals surface area contributed by atoms with Crippen LogP contribution in [0.2, 0.25) is 10.0 Å². The number of nitrogens with zero attached hydrogens (tertiary/aromatic N) is 3. The molecule has 1 saturated carbocycles. The Hall–Kier alpha value is -2.08. The minimum Gasteiger partial charge on any atom is -0.352 e. The molecule has 1 saturated heterocycles. The molecule has 7 heteroatoms. The second-order valence-corrected chi connectivity index (χ2v) is 9.45. The van der Waals surface area contributed by atoms with Crippen molar-refractivity contribution in [3.63, 3.8) is 0 Å². The largest absolute Gasteiger partial charge is 0.352 e. The molecule has 3 heterocycles. The minimum absolute atomic E-state index is 0.0206. The Morgan fingerprint density at radius 3 is 2.58 bits per heavy atom. The molecule has 1 aliphatic heterocycles. The van der Waals surface area contributed by atoms with Gasteiger partial charge in [-0.3, -0.25) is 4.98 Å². The standard InChI is InChI=1S/C24H24Cl2N4S/c25-16-11-12-20(18(26)15-16)29-14-6-10-21(29)23-22(19-9-4-5-13-27-19)28-24(31)30(23)17-7-2-1-3-8-17/h4-6,9-15,17,22-23H,1-3,7-8H2,(H,28,31)/t22-,23-/m1/s1. The van der Waals surface area contributed by atoms with Crippen LogP contribution in [0.5, 0.6) is 0 Å². The lowest BCUT2D eigenvalue weighted by Gasteiger charge is -2.37. The van der Waals surface area contributed by atoms with Gasteiger partial charge in [0.2, 0.25) is 0 Å². The zero-order valence-corrected chi connectivity index (χ0v) is 19.4. The van der Waals surface area contributed by atoms with Crippen molar-refractivity contribution in [3.8, 4) is 5.69 Å². The van der Waals surface area contributed by atoms with Crippen LogP contribution in [0, 0.1) is 0 Å². The number of pyridine rings is 1. The minimum atomic E-state index is -0.0321. The number of hydrogen-bond donors (Lipinski definition) is 1. The van der Waals surface area contributed by atoms with Crippen molar-refractivity contribution in [2.45, 2.75) is 50.2 Å². The lowest BCUT2D eigenvalue weighted by atomic mass is 9.92. The molecule has 31 heavy (non-hydrogen) atoms. The number of hydrogen-bond acceptors (Lipinski definition) is 2. The average Bonchev–Trinajstić information content (AvgIpc) is 3.39. The van der Waals surface area contributed by atoms with Crippen LogP contribution in [0.25, 0.3) is 5.69 Å². The number of nitrogens with one attached hydrogen (secondary N) is 1. The van der Waals surface area contributed by atoms with Crippen molar-refractivity contribution >= 4 is 40.5 Å². The smallest absolute Gasteiger partial charge is 0.170 e. The molecule has 2 aromatic heterocycles. The molecule has 1 N–H and O–H groups in total. The Morgan fingerprint density at radius 1 is 1.00 bits per heavy atom. The van der Waals surface area contributed by atoms with E-state index in [0.717, 1.165) is 35.0 Å². The van der Waals surface area contributed by atoms with Gasteiger partial charge in [0.15, 0.2) is 5.11 Å². The first kappa shape index (κ1) is 20.8. The summed E-state index contributed by atoms with van der Waals surface area (Å²) in [4.78, 5) is 7.09. The summed E-state index contributed by atoms with van der Waals surface area (Å²) in [5.41, 5.74) is 3.04. The van der Waals surface area contributed by atoms with E-state index in [-0.39, 0.29) is 12.1 Å². The van der Waals surface area contributed by atoms with E-state index in [2.05, 4.69) is 44.2 Å². The zero-order chi connectivity index (χ0) is 21.4. The van der Waals surface area contributed by atoms with Crippen LogP contribution >= 0.6 is 35.4 Å². The van der Waals surface area contributed by atoms with Crippen LogP contribution in [-0.4, -0.2) is 25.6 Å². The molecule has 1 aliphatic carbocycles. The summed E-state index contributed by atoms with van der Waals surface area (Å²) in [6.07, 6.45) is 10.0. The Kier molecular flexibility index (Phi) is 5.91. The van der Waals surface area contributed by atoms with Crippen LogP contribution in [0.3, 0.4) is 0 Å². The maximum absolute atomic E-state index is 6.59. The molecule has 0 unspecified atom stereocenters. The monoisotopic (exact) mass is 470 g/mol. The van der Waals surface area contributed by atoms with E-state index in [1.807, 2.05) is 30.5 Å². The molecule has 1 aromatic carbocycles. The van der Waals surface area contributed by atoms with E-state index in [1.54, 1.807) is 6.07 Å². The van der Waals surface area contributed by atoms with Crippen LogP contribution in [0.15, 0.2) is 60.9 Å². The van der Waals surface area contributed by atoms with E-state index in [4.69, 9.17) is 35.4 Å².